The lowest BCUT2D eigenvalue weighted by Gasteiger charge is -2.27. The van der Waals surface area contributed by atoms with Gasteiger partial charge >= 0.3 is 0 Å². The molecule has 1 aromatic carbocycles. The minimum atomic E-state index is -2.91. The number of anilines is 1. The number of hydrogen-bond donors (Lipinski definition) is 1. The Morgan fingerprint density at radius 1 is 1.32 bits per heavy atom. The van der Waals surface area contributed by atoms with E-state index in [9.17, 15) is 8.42 Å². The van der Waals surface area contributed by atoms with Crippen molar-refractivity contribution in [3.8, 4) is 0 Å². The van der Waals surface area contributed by atoms with Gasteiger partial charge in [-0.15, -0.1) is 11.8 Å². The van der Waals surface area contributed by atoms with Crippen LogP contribution in [0.4, 0.5) is 5.69 Å². The predicted molar refractivity (Wildman–Crippen MR) is 82.3 cm³/mol. The van der Waals surface area contributed by atoms with E-state index in [0.717, 1.165) is 41.8 Å². The Kier molecular flexibility index (Phi) is 4.46. The van der Waals surface area contributed by atoms with Crippen LogP contribution >= 0.6 is 11.8 Å². The number of thioether (sulfide) groups is 1. The van der Waals surface area contributed by atoms with Crippen LogP contribution in [0.15, 0.2) is 23.1 Å². The standard InChI is InChI=1S/C14H21NO2S2/c1-10-6-7-14(13(15)8-10)18-11-4-3-5-12(9-11)19(2,16)17/h6-8,11-12H,3-5,9,15H2,1-2H3. The highest BCUT2D eigenvalue weighted by Crippen LogP contribution is 2.38. The monoisotopic (exact) mass is 299 g/mol. The number of sulfone groups is 1. The Morgan fingerprint density at radius 3 is 2.68 bits per heavy atom. The van der Waals surface area contributed by atoms with Gasteiger partial charge in [-0.1, -0.05) is 12.5 Å². The molecular weight excluding hydrogens is 278 g/mol. The molecule has 0 aliphatic heterocycles. The van der Waals surface area contributed by atoms with Crippen LogP contribution in [0.25, 0.3) is 0 Å². The number of hydrogen-bond acceptors (Lipinski definition) is 4. The lowest BCUT2D eigenvalue weighted by Crippen LogP contribution is -2.28. The zero-order valence-corrected chi connectivity index (χ0v) is 13.1. The summed E-state index contributed by atoms with van der Waals surface area (Å²) in [6, 6.07) is 6.06. The molecule has 1 fully saturated rings. The van der Waals surface area contributed by atoms with Gasteiger partial charge in [0.1, 0.15) is 9.84 Å². The highest BCUT2D eigenvalue weighted by atomic mass is 32.2. The molecule has 106 valence electrons. The van der Waals surface area contributed by atoms with Gasteiger partial charge in [-0.2, -0.15) is 0 Å². The van der Waals surface area contributed by atoms with E-state index >= 15 is 0 Å². The maximum atomic E-state index is 11.7. The summed E-state index contributed by atoms with van der Waals surface area (Å²) < 4.78 is 23.3. The average molecular weight is 299 g/mol. The third-order valence-electron chi connectivity index (χ3n) is 3.64. The van der Waals surface area contributed by atoms with Gasteiger partial charge in [-0.25, -0.2) is 8.42 Å². The van der Waals surface area contributed by atoms with Crippen LogP contribution in [0.1, 0.15) is 31.2 Å². The summed E-state index contributed by atoms with van der Waals surface area (Å²) in [6.07, 6.45) is 4.96. The number of nitrogens with two attached hydrogens (primary N) is 1. The topological polar surface area (TPSA) is 60.2 Å². The SMILES string of the molecule is Cc1ccc(SC2CCCC(S(C)(=O)=O)C2)c(N)c1. The molecule has 1 saturated carbocycles. The molecule has 0 amide bonds. The molecule has 1 aliphatic rings. The summed E-state index contributed by atoms with van der Waals surface area (Å²) in [4.78, 5) is 1.07. The van der Waals surface area contributed by atoms with Crippen molar-refractivity contribution in [2.75, 3.05) is 12.0 Å². The maximum Gasteiger partial charge on any atom is 0.150 e. The summed E-state index contributed by atoms with van der Waals surface area (Å²) in [7, 11) is -2.91. The smallest absolute Gasteiger partial charge is 0.150 e. The minimum absolute atomic E-state index is 0.176. The van der Waals surface area contributed by atoms with Crippen LogP contribution in [0.5, 0.6) is 0 Å². The molecule has 0 spiro atoms. The molecule has 1 aliphatic carbocycles. The molecule has 0 bridgehead atoms. The minimum Gasteiger partial charge on any atom is -0.398 e. The third-order valence-corrected chi connectivity index (χ3v) is 6.67. The normalized spacial score (nSPS) is 24.3. The average Bonchev–Trinajstić information content (AvgIpc) is 2.32. The lowest BCUT2D eigenvalue weighted by molar-refractivity contribution is 0.495. The van der Waals surface area contributed by atoms with Crippen LogP contribution in [-0.4, -0.2) is 25.2 Å². The van der Waals surface area contributed by atoms with Crippen molar-refractivity contribution in [2.45, 2.75) is 48.0 Å². The van der Waals surface area contributed by atoms with E-state index in [4.69, 9.17) is 5.73 Å². The molecule has 0 heterocycles. The second kappa shape index (κ2) is 5.75. The fourth-order valence-electron chi connectivity index (χ4n) is 2.55. The maximum absolute atomic E-state index is 11.7. The van der Waals surface area contributed by atoms with Crippen LogP contribution in [-0.2, 0) is 9.84 Å². The van der Waals surface area contributed by atoms with Gasteiger partial charge in [0.15, 0.2) is 0 Å². The summed E-state index contributed by atoms with van der Waals surface area (Å²) in [5.41, 5.74) is 7.97. The first-order valence-corrected chi connectivity index (χ1v) is 9.41. The summed E-state index contributed by atoms with van der Waals surface area (Å²) in [5, 5.41) is 0.184. The highest BCUT2D eigenvalue weighted by molar-refractivity contribution is 8.00. The van der Waals surface area contributed by atoms with Crippen molar-refractivity contribution in [3.05, 3.63) is 23.8 Å². The van der Waals surface area contributed by atoms with Crippen molar-refractivity contribution in [3.63, 3.8) is 0 Å². The van der Waals surface area contributed by atoms with Gasteiger partial charge in [0.25, 0.3) is 0 Å². The molecule has 2 atom stereocenters. The fourth-order valence-corrected chi connectivity index (χ4v) is 5.17. The highest BCUT2D eigenvalue weighted by Gasteiger charge is 2.29. The summed E-state index contributed by atoms with van der Waals surface area (Å²) in [6.45, 7) is 2.02. The molecule has 2 rings (SSSR count). The summed E-state index contributed by atoms with van der Waals surface area (Å²) in [5.74, 6) is 0. The van der Waals surface area contributed by atoms with E-state index < -0.39 is 9.84 Å². The van der Waals surface area contributed by atoms with E-state index in [1.165, 1.54) is 6.26 Å². The van der Waals surface area contributed by atoms with Gasteiger partial charge in [0.2, 0.25) is 0 Å². The van der Waals surface area contributed by atoms with Crippen molar-refractivity contribution in [2.24, 2.45) is 0 Å². The Morgan fingerprint density at radius 2 is 2.05 bits per heavy atom. The van der Waals surface area contributed by atoms with E-state index in [1.807, 2.05) is 19.1 Å². The van der Waals surface area contributed by atoms with E-state index in [0.29, 0.717) is 5.25 Å². The van der Waals surface area contributed by atoms with Crippen LogP contribution in [0.2, 0.25) is 0 Å². The lowest BCUT2D eigenvalue weighted by atomic mass is 10.00. The molecule has 0 saturated heterocycles. The van der Waals surface area contributed by atoms with Crippen molar-refractivity contribution >= 4 is 27.3 Å². The van der Waals surface area contributed by atoms with Crippen molar-refractivity contribution in [1.29, 1.82) is 0 Å². The second-order valence-electron chi connectivity index (χ2n) is 5.40. The molecule has 0 aromatic heterocycles. The van der Waals surface area contributed by atoms with Crippen LogP contribution in [0, 0.1) is 6.92 Å². The Bertz CT molecular complexity index is 555. The molecular formula is C14H21NO2S2. The summed E-state index contributed by atoms with van der Waals surface area (Å²) >= 11 is 1.73. The van der Waals surface area contributed by atoms with Gasteiger partial charge in [0.05, 0.1) is 5.25 Å². The third kappa shape index (κ3) is 3.89. The predicted octanol–water partition coefficient (Wildman–Crippen LogP) is 3.03. The molecule has 19 heavy (non-hydrogen) atoms. The number of aryl methyl sites for hydroxylation is 1. The van der Waals surface area contributed by atoms with Gasteiger partial charge in [-0.3, -0.25) is 0 Å². The zero-order chi connectivity index (χ0) is 14.0. The van der Waals surface area contributed by atoms with Gasteiger partial charge in [-0.05, 0) is 43.9 Å². The van der Waals surface area contributed by atoms with E-state index in [2.05, 4.69) is 6.07 Å². The molecule has 2 unspecified atom stereocenters. The number of benzene rings is 1. The first-order valence-electron chi connectivity index (χ1n) is 6.58. The molecule has 5 heteroatoms. The van der Waals surface area contributed by atoms with E-state index in [-0.39, 0.29) is 5.25 Å². The zero-order valence-electron chi connectivity index (χ0n) is 11.4. The van der Waals surface area contributed by atoms with Crippen LogP contribution < -0.4 is 5.73 Å². The molecule has 2 N–H and O–H groups in total. The van der Waals surface area contributed by atoms with Crippen LogP contribution in [0.3, 0.4) is 0 Å². The molecule has 3 nitrogen and oxygen atoms in total. The Hall–Kier alpha value is -0.680. The quantitative estimate of drug-likeness (QED) is 0.872. The number of nitrogen functional groups attached to an aromatic ring is 1. The van der Waals surface area contributed by atoms with Gasteiger partial charge < -0.3 is 5.73 Å². The molecule has 0 radical (unpaired) electrons. The number of rotatable bonds is 3. The largest absolute Gasteiger partial charge is 0.398 e. The Balaban J connectivity index is 2.07. The van der Waals surface area contributed by atoms with E-state index in [1.54, 1.807) is 11.8 Å². The van der Waals surface area contributed by atoms with Crippen molar-refractivity contribution in [1.82, 2.24) is 0 Å². The second-order valence-corrected chi connectivity index (χ2v) is 9.07. The molecule has 1 aromatic rings. The van der Waals surface area contributed by atoms with Gasteiger partial charge in [0, 0.05) is 22.1 Å². The first-order chi connectivity index (χ1) is 8.86. The van der Waals surface area contributed by atoms with Crippen molar-refractivity contribution < 1.29 is 8.42 Å². The first kappa shape index (κ1) is 14.7. The Labute approximate surface area is 119 Å². The fraction of sp³-hybridized carbons (Fsp3) is 0.571.